The van der Waals surface area contributed by atoms with Crippen LogP contribution in [0.5, 0.6) is 0 Å². The van der Waals surface area contributed by atoms with Crippen LogP contribution in [0, 0.1) is 5.92 Å². The van der Waals surface area contributed by atoms with Gasteiger partial charge in [-0.15, -0.1) is 12.4 Å². The van der Waals surface area contributed by atoms with Crippen LogP contribution in [0.15, 0.2) is 24.3 Å². The van der Waals surface area contributed by atoms with E-state index in [4.69, 9.17) is 17.3 Å². The predicted molar refractivity (Wildman–Crippen MR) is 82.6 cm³/mol. The molecule has 1 aromatic carbocycles. The van der Waals surface area contributed by atoms with Gasteiger partial charge in [0.05, 0.1) is 6.04 Å². The molecule has 1 rings (SSSR count). The first kappa shape index (κ1) is 18.2. The first-order valence-corrected chi connectivity index (χ1v) is 6.63. The van der Waals surface area contributed by atoms with Crippen molar-refractivity contribution in [1.82, 2.24) is 4.90 Å². The summed E-state index contributed by atoms with van der Waals surface area (Å²) in [5.74, 6) is 0.116. The number of nitrogens with zero attached hydrogens (tertiary/aromatic N) is 1. The van der Waals surface area contributed by atoms with Crippen LogP contribution in [0.25, 0.3) is 0 Å². The zero-order chi connectivity index (χ0) is 13.7. The lowest BCUT2D eigenvalue weighted by molar-refractivity contribution is -0.134. The fourth-order valence-corrected chi connectivity index (χ4v) is 1.87. The molecular weight excluding hydrogens is 283 g/mol. The van der Waals surface area contributed by atoms with Crippen LogP contribution in [-0.2, 0) is 11.3 Å². The van der Waals surface area contributed by atoms with Crippen LogP contribution in [0.2, 0.25) is 5.02 Å². The summed E-state index contributed by atoms with van der Waals surface area (Å²) in [5, 5.41) is 0.682. The van der Waals surface area contributed by atoms with E-state index in [9.17, 15) is 4.79 Å². The minimum absolute atomic E-state index is 0. The minimum atomic E-state index is -0.451. The normalized spacial score (nSPS) is 11.9. The summed E-state index contributed by atoms with van der Waals surface area (Å²) in [6.45, 7) is 6.99. The van der Waals surface area contributed by atoms with Crippen molar-refractivity contribution in [3.63, 3.8) is 0 Å². The maximum absolute atomic E-state index is 12.2. The van der Waals surface area contributed by atoms with E-state index in [-0.39, 0.29) is 24.2 Å². The van der Waals surface area contributed by atoms with Crippen molar-refractivity contribution in [3.8, 4) is 0 Å². The quantitative estimate of drug-likeness (QED) is 0.908. The van der Waals surface area contributed by atoms with E-state index in [1.807, 2.05) is 45.0 Å². The second-order valence-electron chi connectivity index (χ2n) is 4.71. The average Bonchev–Trinajstić information content (AvgIpc) is 2.36. The van der Waals surface area contributed by atoms with Crippen LogP contribution in [0.4, 0.5) is 0 Å². The molecule has 0 aliphatic rings. The molecule has 0 saturated carbocycles. The molecule has 108 valence electrons. The summed E-state index contributed by atoms with van der Waals surface area (Å²) in [4.78, 5) is 13.9. The van der Waals surface area contributed by atoms with Gasteiger partial charge in [0.25, 0.3) is 0 Å². The number of amides is 1. The van der Waals surface area contributed by atoms with E-state index in [2.05, 4.69) is 0 Å². The summed E-state index contributed by atoms with van der Waals surface area (Å²) in [6.07, 6.45) is 0. The Kier molecular flexibility index (Phi) is 8.07. The number of likely N-dealkylation sites (N-methyl/N-ethyl adjacent to an activating group) is 1. The van der Waals surface area contributed by atoms with Gasteiger partial charge < -0.3 is 10.6 Å². The maximum atomic E-state index is 12.2. The van der Waals surface area contributed by atoms with Crippen molar-refractivity contribution in [2.45, 2.75) is 33.4 Å². The van der Waals surface area contributed by atoms with Gasteiger partial charge in [-0.2, -0.15) is 0 Å². The summed E-state index contributed by atoms with van der Waals surface area (Å²) in [5.41, 5.74) is 6.85. The Morgan fingerprint density at radius 1 is 1.37 bits per heavy atom. The highest BCUT2D eigenvalue weighted by Gasteiger charge is 2.22. The SMILES string of the molecule is CCN(Cc1ccccc1Cl)C(=O)[C@H](N)C(C)C.Cl. The number of halogens is 2. The number of hydrogen-bond acceptors (Lipinski definition) is 2. The lowest BCUT2D eigenvalue weighted by Gasteiger charge is -2.26. The maximum Gasteiger partial charge on any atom is 0.240 e. The van der Waals surface area contributed by atoms with E-state index in [1.165, 1.54) is 0 Å². The second kappa shape index (κ2) is 8.41. The summed E-state index contributed by atoms with van der Waals surface area (Å²) >= 11 is 6.10. The molecule has 0 unspecified atom stereocenters. The zero-order valence-electron chi connectivity index (χ0n) is 11.6. The lowest BCUT2D eigenvalue weighted by Crippen LogP contribution is -2.46. The number of benzene rings is 1. The van der Waals surface area contributed by atoms with Gasteiger partial charge in [-0.25, -0.2) is 0 Å². The van der Waals surface area contributed by atoms with Crippen LogP contribution in [0.1, 0.15) is 26.3 Å². The largest absolute Gasteiger partial charge is 0.337 e. The molecule has 1 aromatic rings. The Labute approximate surface area is 126 Å². The molecule has 0 aliphatic heterocycles. The molecule has 1 amide bonds. The van der Waals surface area contributed by atoms with Gasteiger partial charge in [0.2, 0.25) is 5.91 Å². The Bertz CT molecular complexity index is 410. The lowest BCUT2D eigenvalue weighted by atomic mass is 10.0. The number of rotatable bonds is 5. The Morgan fingerprint density at radius 2 is 1.95 bits per heavy atom. The van der Waals surface area contributed by atoms with E-state index in [1.54, 1.807) is 4.90 Å². The van der Waals surface area contributed by atoms with E-state index in [0.29, 0.717) is 18.1 Å². The number of carbonyl (C=O) groups is 1. The molecule has 5 heteroatoms. The number of hydrogen-bond donors (Lipinski definition) is 1. The third-order valence-electron chi connectivity index (χ3n) is 3.02. The molecule has 19 heavy (non-hydrogen) atoms. The summed E-state index contributed by atoms with van der Waals surface area (Å²) in [6, 6.07) is 7.11. The van der Waals surface area contributed by atoms with E-state index in [0.717, 1.165) is 5.56 Å². The monoisotopic (exact) mass is 304 g/mol. The molecule has 0 aromatic heterocycles. The zero-order valence-corrected chi connectivity index (χ0v) is 13.2. The summed E-state index contributed by atoms with van der Waals surface area (Å²) in [7, 11) is 0. The second-order valence-corrected chi connectivity index (χ2v) is 5.12. The van der Waals surface area contributed by atoms with Crippen molar-refractivity contribution in [2.24, 2.45) is 11.7 Å². The first-order valence-electron chi connectivity index (χ1n) is 6.25. The standard InChI is InChI=1S/C14H21ClN2O.ClH/c1-4-17(14(18)13(16)10(2)3)9-11-7-5-6-8-12(11)15;/h5-8,10,13H,4,9,16H2,1-3H3;1H/t13-;/m1./s1. The van der Waals surface area contributed by atoms with Gasteiger partial charge in [0.15, 0.2) is 0 Å². The minimum Gasteiger partial charge on any atom is -0.337 e. The highest BCUT2D eigenvalue weighted by Crippen LogP contribution is 2.17. The third-order valence-corrected chi connectivity index (χ3v) is 3.38. The van der Waals surface area contributed by atoms with Gasteiger partial charge in [0.1, 0.15) is 0 Å². The highest BCUT2D eigenvalue weighted by atomic mass is 35.5. The van der Waals surface area contributed by atoms with Crippen LogP contribution < -0.4 is 5.73 Å². The van der Waals surface area contributed by atoms with E-state index < -0.39 is 6.04 Å². The van der Waals surface area contributed by atoms with Crippen molar-refractivity contribution >= 4 is 29.9 Å². The molecule has 0 spiro atoms. The third kappa shape index (κ3) is 5.01. The number of carbonyl (C=O) groups excluding carboxylic acids is 1. The van der Waals surface area contributed by atoms with Gasteiger partial charge >= 0.3 is 0 Å². The molecule has 1 atom stereocenters. The fourth-order valence-electron chi connectivity index (χ4n) is 1.67. The van der Waals surface area contributed by atoms with Crippen molar-refractivity contribution in [3.05, 3.63) is 34.9 Å². The molecule has 0 saturated heterocycles. The summed E-state index contributed by atoms with van der Waals surface area (Å²) < 4.78 is 0. The van der Waals surface area contributed by atoms with Gasteiger partial charge in [-0.05, 0) is 24.5 Å². The molecule has 0 aliphatic carbocycles. The van der Waals surface area contributed by atoms with Gasteiger partial charge in [-0.1, -0.05) is 43.6 Å². The van der Waals surface area contributed by atoms with Crippen LogP contribution >= 0.6 is 24.0 Å². The molecule has 0 bridgehead atoms. The smallest absolute Gasteiger partial charge is 0.240 e. The van der Waals surface area contributed by atoms with E-state index >= 15 is 0 Å². The fraction of sp³-hybridized carbons (Fsp3) is 0.500. The highest BCUT2D eigenvalue weighted by molar-refractivity contribution is 6.31. The van der Waals surface area contributed by atoms with Crippen LogP contribution in [0.3, 0.4) is 0 Å². The number of nitrogens with two attached hydrogens (primary N) is 1. The van der Waals surface area contributed by atoms with Crippen molar-refractivity contribution in [1.29, 1.82) is 0 Å². The van der Waals surface area contributed by atoms with Gasteiger partial charge in [-0.3, -0.25) is 4.79 Å². The molecule has 0 radical (unpaired) electrons. The van der Waals surface area contributed by atoms with Crippen LogP contribution in [-0.4, -0.2) is 23.4 Å². The molecule has 2 N–H and O–H groups in total. The molecule has 0 fully saturated rings. The topological polar surface area (TPSA) is 46.3 Å². The first-order chi connectivity index (χ1) is 8.47. The molecule has 3 nitrogen and oxygen atoms in total. The van der Waals surface area contributed by atoms with Crippen molar-refractivity contribution in [2.75, 3.05) is 6.54 Å². The van der Waals surface area contributed by atoms with Crippen molar-refractivity contribution < 1.29 is 4.79 Å². The predicted octanol–water partition coefficient (Wildman–Crippen LogP) is 3.09. The molecule has 0 heterocycles. The molecular formula is C14H22Cl2N2O. The van der Waals surface area contributed by atoms with Gasteiger partial charge in [0, 0.05) is 18.1 Å². The Balaban J connectivity index is 0.00000324. The Morgan fingerprint density at radius 3 is 2.42 bits per heavy atom. The average molecular weight is 305 g/mol. The Hall–Kier alpha value is -0.770.